The molecule has 1 N–H and O–H groups in total. The molecule has 2 heterocycles. The quantitative estimate of drug-likeness (QED) is 0.433. The highest BCUT2D eigenvalue weighted by atomic mass is 16.3. The van der Waals surface area contributed by atoms with E-state index in [0.717, 1.165) is 22.6 Å². The van der Waals surface area contributed by atoms with Crippen LogP contribution in [0.1, 0.15) is 35.9 Å². The molecule has 0 saturated heterocycles. The van der Waals surface area contributed by atoms with Gasteiger partial charge in [0.25, 0.3) is 0 Å². The van der Waals surface area contributed by atoms with E-state index in [0.29, 0.717) is 29.4 Å². The van der Waals surface area contributed by atoms with E-state index in [1.807, 2.05) is 54.6 Å². The van der Waals surface area contributed by atoms with Crippen LogP contribution in [0.15, 0.2) is 99.3 Å². The number of Topliss-reactive ketones (excluding diaryl/α,β-unsaturated/α-hetero) is 1. The van der Waals surface area contributed by atoms with Crippen LogP contribution in [0.5, 0.6) is 0 Å². The van der Waals surface area contributed by atoms with Crippen LogP contribution in [0.2, 0.25) is 0 Å². The van der Waals surface area contributed by atoms with E-state index in [-0.39, 0.29) is 17.1 Å². The highest BCUT2D eigenvalue weighted by Crippen LogP contribution is 2.43. The van der Waals surface area contributed by atoms with Gasteiger partial charge in [0.15, 0.2) is 5.43 Å². The van der Waals surface area contributed by atoms with E-state index in [1.165, 1.54) is 6.26 Å². The first-order valence-electron chi connectivity index (χ1n) is 11.2. The van der Waals surface area contributed by atoms with Gasteiger partial charge in [-0.3, -0.25) is 14.6 Å². The minimum atomic E-state index is -0.544. The average Bonchev–Trinajstić information content (AvgIpc) is 3.02. The van der Waals surface area contributed by atoms with Crippen molar-refractivity contribution in [2.45, 2.75) is 24.8 Å². The number of fused-ring (bicyclic) bond motifs is 3. The van der Waals surface area contributed by atoms with Gasteiger partial charge in [-0.05, 0) is 42.2 Å². The number of hydrogen-bond acceptors (Lipinski definition) is 5. The lowest BCUT2D eigenvalue weighted by Gasteiger charge is -2.33. The summed E-state index contributed by atoms with van der Waals surface area (Å²) in [7, 11) is 0. The van der Waals surface area contributed by atoms with Crippen molar-refractivity contribution in [1.29, 1.82) is 0 Å². The molecule has 5 nitrogen and oxygen atoms in total. The van der Waals surface area contributed by atoms with Crippen LogP contribution in [0.4, 0.5) is 11.4 Å². The van der Waals surface area contributed by atoms with Crippen molar-refractivity contribution in [3.63, 3.8) is 0 Å². The molecule has 6 rings (SSSR count). The number of para-hydroxylation sites is 3. The molecule has 0 bridgehead atoms. The van der Waals surface area contributed by atoms with Crippen LogP contribution < -0.4 is 10.7 Å². The number of carbonyl (C=O) groups excluding carboxylic acids is 1. The van der Waals surface area contributed by atoms with Crippen molar-refractivity contribution in [3.8, 4) is 0 Å². The Labute approximate surface area is 190 Å². The highest BCUT2D eigenvalue weighted by Gasteiger charge is 2.42. The van der Waals surface area contributed by atoms with Crippen molar-refractivity contribution in [2.24, 2.45) is 10.9 Å². The minimum Gasteiger partial charge on any atom is -0.464 e. The van der Waals surface area contributed by atoms with Gasteiger partial charge in [0.2, 0.25) is 0 Å². The number of nitrogens with zero attached hydrogens (tertiary/aromatic N) is 1. The molecule has 5 heteroatoms. The lowest BCUT2D eigenvalue weighted by molar-refractivity contribution is -0.122. The number of carbonyl (C=O) groups is 1. The van der Waals surface area contributed by atoms with Crippen molar-refractivity contribution >= 4 is 33.8 Å². The van der Waals surface area contributed by atoms with E-state index >= 15 is 0 Å². The van der Waals surface area contributed by atoms with E-state index in [4.69, 9.17) is 9.41 Å². The summed E-state index contributed by atoms with van der Waals surface area (Å²) in [4.78, 5) is 32.0. The minimum absolute atomic E-state index is 0.0765. The first-order valence-corrected chi connectivity index (χ1v) is 11.2. The van der Waals surface area contributed by atoms with Gasteiger partial charge >= 0.3 is 0 Å². The van der Waals surface area contributed by atoms with Gasteiger partial charge in [-0.2, -0.15) is 0 Å². The van der Waals surface area contributed by atoms with Gasteiger partial charge < -0.3 is 9.73 Å². The maximum absolute atomic E-state index is 13.6. The van der Waals surface area contributed by atoms with Crippen LogP contribution in [-0.2, 0) is 4.79 Å². The van der Waals surface area contributed by atoms with Gasteiger partial charge in [-0.25, -0.2) is 0 Å². The fourth-order valence-corrected chi connectivity index (χ4v) is 5.13. The molecule has 1 aliphatic heterocycles. The number of rotatable bonds is 2. The van der Waals surface area contributed by atoms with Crippen molar-refractivity contribution in [2.75, 3.05) is 5.32 Å². The Morgan fingerprint density at radius 3 is 2.48 bits per heavy atom. The molecule has 4 aromatic rings. The lowest BCUT2D eigenvalue weighted by atomic mass is 9.72. The van der Waals surface area contributed by atoms with E-state index in [2.05, 4.69) is 17.4 Å². The molecule has 0 radical (unpaired) electrons. The van der Waals surface area contributed by atoms with Crippen LogP contribution >= 0.6 is 0 Å². The molecule has 1 fully saturated rings. The van der Waals surface area contributed by atoms with E-state index < -0.39 is 12.0 Å². The number of nitrogens with one attached hydrogen (secondary N) is 1. The fraction of sp³-hybridized carbons (Fsp3) is 0.179. The molecule has 0 amide bonds. The summed E-state index contributed by atoms with van der Waals surface area (Å²) in [5.41, 5.74) is 4.41. The number of anilines is 1. The van der Waals surface area contributed by atoms with Crippen LogP contribution in [-0.4, -0.2) is 11.5 Å². The van der Waals surface area contributed by atoms with E-state index in [1.54, 1.807) is 12.1 Å². The van der Waals surface area contributed by atoms with Gasteiger partial charge in [0, 0.05) is 12.1 Å². The van der Waals surface area contributed by atoms with Crippen molar-refractivity contribution < 1.29 is 9.21 Å². The molecule has 3 atom stereocenters. The predicted molar refractivity (Wildman–Crippen MR) is 129 cm³/mol. The second-order valence-electron chi connectivity index (χ2n) is 8.72. The van der Waals surface area contributed by atoms with Crippen LogP contribution in [0, 0.1) is 5.92 Å². The predicted octanol–water partition coefficient (Wildman–Crippen LogP) is 5.80. The molecule has 0 spiro atoms. The summed E-state index contributed by atoms with van der Waals surface area (Å²) in [5.74, 6) is -0.360. The molecule has 3 aromatic carbocycles. The first kappa shape index (κ1) is 19.7. The molecule has 33 heavy (non-hydrogen) atoms. The normalized spacial score (nSPS) is 22.0. The topological polar surface area (TPSA) is 71.7 Å². The second kappa shape index (κ2) is 7.85. The zero-order chi connectivity index (χ0) is 22.4. The number of ketones is 1. The molecule has 3 unspecified atom stereocenters. The van der Waals surface area contributed by atoms with Gasteiger partial charge in [-0.15, -0.1) is 0 Å². The zero-order valence-corrected chi connectivity index (χ0v) is 17.9. The SMILES string of the molecule is O=C1CC(c2ccccc2)CC2=Nc3ccccc3NC(c3coc4ccccc4c3=O)C12. The molecule has 1 aliphatic carbocycles. The average molecular weight is 434 g/mol. The Morgan fingerprint density at radius 2 is 1.61 bits per heavy atom. The highest BCUT2D eigenvalue weighted by molar-refractivity contribution is 6.11. The van der Waals surface area contributed by atoms with Gasteiger partial charge in [-0.1, -0.05) is 54.6 Å². The Bertz CT molecular complexity index is 1450. The second-order valence-corrected chi connectivity index (χ2v) is 8.72. The summed E-state index contributed by atoms with van der Waals surface area (Å²) < 4.78 is 5.82. The molecule has 1 aromatic heterocycles. The fourth-order valence-electron chi connectivity index (χ4n) is 5.13. The number of hydrogen-bond donors (Lipinski definition) is 1. The molecule has 162 valence electrons. The third-order valence-corrected chi connectivity index (χ3v) is 6.73. The van der Waals surface area contributed by atoms with Crippen molar-refractivity contribution in [3.05, 3.63) is 106 Å². The Balaban J connectivity index is 1.50. The standard InChI is InChI=1S/C28H22N2O3/c31-24-15-18(17-8-2-1-3-9-17)14-23-26(24)27(30-22-12-6-5-11-21(22)29-23)20-16-33-25-13-7-4-10-19(25)28(20)32/h1-13,16,18,26-27,30H,14-15H2. The number of aliphatic imine (C=N–C) groups is 1. The summed E-state index contributed by atoms with van der Waals surface area (Å²) in [6.45, 7) is 0. The van der Waals surface area contributed by atoms with Gasteiger partial charge in [0.05, 0.1) is 34.3 Å². The molecular weight excluding hydrogens is 412 g/mol. The smallest absolute Gasteiger partial charge is 0.197 e. The number of benzene rings is 3. The van der Waals surface area contributed by atoms with Crippen LogP contribution in [0.3, 0.4) is 0 Å². The Hall–Kier alpha value is -3.99. The largest absolute Gasteiger partial charge is 0.464 e. The lowest BCUT2D eigenvalue weighted by Crippen LogP contribution is -2.40. The molecular formula is C28H22N2O3. The zero-order valence-electron chi connectivity index (χ0n) is 17.9. The third kappa shape index (κ3) is 3.37. The maximum Gasteiger partial charge on any atom is 0.197 e. The van der Waals surface area contributed by atoms with E-state index in [9.17, 15) is 9.59 Å². The monoisotopic (exact) mass is 434 g/mol. The summed E-state index contributed by atoms with van der Waals surface area (Å²) in [6, 6.07) is 24.5. The maximum atomic E-state index is 13.6. The third-order valence-electron chi connectivity index (χ3n) is 6.73. The molecule has 1 saturated carbocycles. The van der Waals surface area contributed by atoms with Gasteiger partial charge in [0.1, 0.15) is 17.6 Å². The molecule has 2 aliphatic rings. The van der Waals surface area contributed by atoms with Crippen molar-refractivity contribution in [1.82, 2.24) is 0 Å². The van der Waals surface area contributed by atoms with Crippen LogP contribution in [0.25, 0.3) is 11.0 Å². The summed E-state index contributed by atoms with van der Waals surface area (Å²) in [5, 5.41) is 3.98. The first-order chi connectivity index (χ1) is 16.2. The summed E-state index contributed by atoms with van der Waals surface area (Å²) in [6.07, 6.45) is 2.59. The Morgan fingerprint density at radius 1 is 0.848 bits per heavy atom. The Kier molecular flexibility index (Phi) is 4.68. The summed E-state index contributed by atoms with van der Waals surface area (Å²) >= 11 is 0.